The second kappa shape index (κ2) is 8.49. The molecule has 0 unspecified atom stereocenters. The first-order valence-corrected chi connectivity index (χ1v) is 10.2. The molecule has 0 aromatic heterocycles. The molecule has 146 valence electrons. The largest absolute Gasteiger partial charge is 0.334 e. The van der Waals surface area contributed by atoms with E-state index in [4.69, 9.17) is 0 Å². The maximum Gasteiger partial charge on any atom is 0.319 e. The van der Waals surface area contributed by atoms with Gasteiger partial charge in [0.25, 0.3) is 5.91 Å². The van der Waals surface area contributed by atoms with E-state index in [0.29, 0.717) is 18.7 Å². The van der Waals surface area contributed by atoms with E-state index in [-0.39, 0.29) is 11.9 Å². The summed E-state index contributed by atoms with van der Waals surface area (Å²) in [5.41, 5.74) is 4.49. The number of hydrogen-bond donors (Lipinski definition) is 2. The molecule has 2 N–H and O–H groups in total. The van der Waals surface area contributed by atoms with Crippen molar-refractivity contribution < 1.29 is 9.59 Å². The molecule has 29 heavy (non-hydrogen) atoms. The average molecular weight is 450 g/mol. The van der Waals surface area contributed by atoms with Crippen molar-refractivity contribution in [1.82, 2.24) is 5.32 Å². The van der Waals surface area contributed by atoms with Crippen molar-refractivity contribution in [3.63, 3.8) is 0 Å². The molecular weight excluding hydrogens is 430 g/mol. The lowest BCUT2D eigenvalue weighted by atomic mass is 10.1. The zero-order chi connectivity index (χ0) is 20.2. The molecule has 3 aromatic carbocycles. The van der Waals surface area contributed by atoms with Crippen molar-refractivity contribution in [1.29, 1.82) is 0 Å². The van der Waals surface area contributed by atoms with Gasteiger partial charge in [-0.2, -0.15) is 0 Å². The van der Waals surface area contributed by atoms with Gasteiger partial charge in [0.1, 0.15) is 0 Å². The quantitative estimate of drug-likeness (QED) is 0.590. The normalized spacial score (nSPS) is 12.4. The van der Waals surface area contributed by atoms with Gasteiger partial charge >= 0.3 is 6.03 Å². The number of amides is 3. The van der Waals surface area contributed by atoms with Crippen molar-refractivity contribution in [2.24, 2.45) is 0 Å². The highest BCUT2D eigenvalue weighted by atomic mass is 79.9. The van der Waals surface area contributed by atoms with Crippen LogP contribution < -0.4 is 15.5 Å². The fourth-order valence-electron chi connectivity index (χ4n) is 3.44. The van der Waals surface area contributed by atoms with Gasteiger partial charge in [0.2, 0.25) is 0 Å². The van der Waals surface area contributed by atoms with Crippen molar-refractivity contribution in [2.75, 3.05) is 16.8 Å². The van der Waals surface area contributed by atoms with Crippen LogP contribution in [0.1, 0.15) is 21.5 Å². The summed E-state index contributed by atoms with van der Waals surface area (Å²) in [6, 6.07) is 22.5. The molecule has 3 aromatic rings. The summed E-state index contributed by atoms with van der Waals surface area (Å²) in [5.74, 6) is 0.0172. The number of halogens is 1. The highest BCUT2D eigenvalue weighted by Crippen LogP contribution is 2.30. The van der Waals surface area contributed by atoms with Crippen LogP contribution in [-0.4, -0.2) is 18.5 Å². The molecule has 0 saturated carbocycles. The molecule has 1 aliphatic rings. The third kappa shape index (κ3) is 4.49. The number of benzene rings is 3. The van der Waals surface area contributed by atoms with Crippen LogP contribution in [0.5, 0.6) is 0 Å². The van der Waals surface area contributed by atoms with E-state index in [1.54, 1.807) is 0 Å². The zero-order valence-electron chi connectivity index (χ0n) is 15.7. The predicted molar refractivity (Wildman–Crippen MR) is 118 cm³/mol. The van der Waals surface area contributed by atoms with Gasteiger partial charge in [0, 0.05) is 34.5 Å². The Morgan fingerprint density at radius 1 is 0.966 bits per heavy atom. The number of fused-ring (bicyclic) bond motifs is 1. The summed E-state index contributed by atoms with van der Waals surface area (Å²) in [6.07, 6.45) is 0.811. The molecule has 0 atom stereocenters. The Kier molecular flexibility index (Phi) is 5.62. The van der Waals surface area contributed by atoms with E-state index in [2.05, 4.69) is 32.6 Å². The van der Waals surface area contributed by atoms with E-state index in [1.807, 2.05) is 71.6 Å². The number of hydrogen-bond acceptors (Lipinski definition) is 2. The smallest absolute Gasteiger partial charge is 0.319 e. The van der Waals surface area contributed by atoms with E-state index in [1.165, 1.54) is 0 Å². The molecule has 4 rings (SSSR count). The zero-order valence-corrected chi connectivity index (χ0v) is 17.3. The minimum atomic E-state index is -0.260. The third-order valence-electron chi connectivity index (χ3n) is 4.84. The number of rotatable bonds is 4. The summed E-state index contributed by atoms with van der Waals surface area (Å²) in [4.78, 5) is 26.7. The van der Waals surface area contributed by atoms with Crippen LogP contribution in [0.2, 0.25) is 0 Å². The molecule has 0 radical (unpaired) electrons. The molecular formula is C23H20BrN3O2. The highest BCUT2D eigenvalue weighted by Gasteiger charge is 2.25. The minimum Gasteiger partial charge on any atom is -0.334 e. The Morgan fingerprint density at radius 3 is 2.59 bits per heavy atom. The number of carbonyl (C=O) groups is 2. The molecule has 0 aliphatic carbocycles. The first-order valence-electron chi connectivity index (χ1n) is 9.39. The second-order valence-corrected chi connectivity index (χ2v) is 7.77. The van der Waals surface area contributed by atoms with Gasteiger partial charge < -0.3 is 15.5 Å². The Morgan fingerprint density at radius 2 is 1.79 bits per heavy atom. The van der Waals surface area contributed by atoms with Crippen LogP contribution in [0.4, 0.5) is 16.2 Å². The van der Waals surface area contributed by atoms with Gasteiger partial charge in [-0.25, -0.2) is 4.79 Å². The Hall–Kier alpha value is -3.12. The molecule has 1 heterocycles. The first-order chi connectivity index (χ1) is 14.1. The predicted octanol–water partition coefficient (Wildman–Crippen LogP) is 4.97. The maximum atomic E-state index is 12.8. The lowest BCUT2D eigenvalue weighted by Gasteiger charge is -2.17. The Labute approximate surface area is 177 Å². The Balaban J connectivity index is 1.39. The first kappa shape index (κ1) is 19.2. The average Bonchev–Trinajstić information content (AvgIpc) is 3.15. The summed E-state index contributed by atoms with van der Waals surface area (Å²) >= 11 is 3.39. The van der Waals surface area contributed by atoms with Crippen LogP contribution in [-0.2, 0) is 13.0 Å². The fourth-order valence-corrected chi connectivity index (χ4v) is 3.84. The van der Waals surface area contributed by atoms with Crippen LogP contribution in [0, 0.1) is 0 Å². The maximum absolute atomic E-state index is 12.8. The summed E-state index contributed by atoms with van der Waals surface area (Å²) in [6.45, 7) is 1.09. The molecule has 6 heteroatoms. The van der Waals surface area contributed by atoms with E-state index >= 15 is 0 Å². The van der Waals surface area contributed by atoms with Crippen LogP contribution in [0.3, 0.4) is 0 Å². The monoisotopic (exact) mass is 449 g/mol. The SMILES string of the molecule is O=C(NCc1ccc2c(c1)CCN2C(=O)c1ccccc1)Nc1cccc(Br)c1. The number of urea groups is 1. The van der Waals surface area contributed by atoms with E-state index in [0.717, 1.165) is 33.4 Å². The highest BCUT2D eigenvalue weighted by molar-refractivity contribution is 9.10. The van der Waals surface area contributed by atoms with Crippen molar-refractivity contribution in [3.05, 3.63) is 94.0 Å². The molecule has 0 bridgehead atoms. The minimum absolute atomic E-state index is 0.0172. The van der Waals surface area contributed by atoms with E-state index < -0.39 is 0 Å². The Bertz CT molecular complexity index is 1050. The topological polar surface area (TPSA) is 61.4 Å². The third-order valence-corrected chi connectivity index (χ3v) is 5.33. The number of anilines is 2. The standard InChI is InChI=1S/C23H20BrN3O2/c24-19-7-4-8-20(14-19)26-23(29)25-15-16-9-10-21-18(13-16)11-12-27(21)22(28)17-5-2-1-3-6-17/h1-10,13-14H,11-12,15H2,(H2,25,26,29). The van der Waals surface area contributed by atoms with Gasteiger partial charge in [-0.15, -0.1) is 0 Å². The van der Waals surface area contributed by atoms with Crippen LogP contribution in [0.15, 0.2) is 77.3 Å². The summed E-state index contributed by atoms with van der Waals surface area (Å²) < 4.78 is 0.906. The van der Waals surface area contributed by atoms with Gasteiger partial charge in [-0.1, -0.05) is 52.3 Å². The van der Waals surface area contributed by atoms with Crippen molar-refractivity contribution in [3.8, 4) is 0 Å². The molecule has 0 fully saturated rings. The fraction of sp³-hybridized carbons (Fsp3) is 0.130. The number of nitrogens with zero attached hydrogens (tertiary/aromatic N) is 1. The molecule has 0 spiro atoms. The van der Waals surface area contributed by atoms with Gasteiger partial charge in [0.05, 0.1) is 0 Å². The van der Waals surface area contributed by atoms with Crippen molar-refractivity contribution in [2.45, 2.75) is 13.0 Å². The molecule has 1 aliphatic heterocycles. The molecule has 5 nitrogen and oxygen atoms in total. The second-order valence-electron chi connectivity index (χ2n) is 6.85. The van der Waals surface area contributed by atoms with E-state index in [9.17, 15) is 9.59 Å². The lowest BCUT2D eigenvalue weighted by Crippen LogP contribution is -2.29. The summed E-state index contributed by atoms with van der Waals surface area (Å²) in [7, 11) is 0. The lowest BCUT2D eigenvalue weighted by molar-refractivity contribution is 0.0989. The van der Waals surface area contributed by atoms with Crippen LogP contribution >= 0.6 is 15.9 Å². The van der Waals surface area contributed by atoms with Gasteiger partial charge in [-0.05, 0) is 53.9 Å². The number of carbonyl (C=O) groups excluding carboxylic acids is 2. The molecule has 3 amide bonds. The van der Waals surface area contributed by atoms with Crippen molar-refractivity contribution >= 4 is 39.2 Å². The summed E-state index contributed by atoms with van der Waals surface area (Å²) in [5, 5.41) is 5.68. The molecule has 0 saturated heterocycles. The van der Waals surface area contributed by atoms with Crippen LogP contribution in [0.25, 0.3) is 0 Å². The van der Waals surface area contributed by atoms with Gasteiger partial charge in [0.15, 0.2) is 0 Å². The van der Waals surface area contributed by atoms with Gasteiger partial charge in [-0.3, -0.25) is 4.79 Å². The number of nitrogens with one attached hydrogen (secondary N) is 2.